The summed E-state index contributed by atoms with van der Waals surface area (Å²) in [5.74, 6) is 1.26. The van der Waals surface area contributed by atoms with Gasteiger partial charge in [-0.25, -0.2) is 0 Å². The summed E-state index contributed by atoms with van der Waals surface area (Å²) >= 11 is 0. The zero-order valence-corrected chi connectivity index (χ0v) is 13.5. The van der Waals surface area contributed by atoms with E-state index in [1.165, 1.54) is 0 Å². The monoisotopic (exact) mass is 276 g/mol. The van der Waals surface area contributed by atoms with Crippen molar-refractivity contribution in [1.82, 2.24) is 9.78 Å². The van der Waals surface area contributed by atoms with Crippen molar-refractivity contribution in [2.45, 2.75) is 66.3 Å². The van der Waals surface area contributed by atoms with Gasteiger partial charge in [-0.2, -0.15) is 5.10 Å². The van der Waals surface area contributed by atoms with Crippen LogP contribution in [-0.2, 0) is 11.2 Å². The minimum Gasteiger partial charge on any atom is -0.299 e. The van der Waals surface area contributed by atoms with Gasteiger partial charge in [0.2, 0.25) is 0 Å². The quantitative estimate of drug-likeness (QED) is 0.835. The molecule has 0 N–H and O–H groups in total. The van der Waals surface area contributed by atoms with Crippen molar-refractivity contribution in [3.63, 3.8) is 0 Å². The van der Waals surface area contributed by atoms with Gasteiger partial charge in [-0.1, -0.05) is 20.8 Å². The second kappa shape index (κ2) is 5.71. The summed E-state index contributed by atoms with van der Waals surface area (Å²) in [5, 5.41) is 4.59. The first kappa shape index (κ1) is 15.3. The van der Waals surface area contributed by atoms with Gasteiger partial charge in [-0.3, -0.25) is 9.48 Å². The molecule has 0 aromatic carbocycles. The van der Waals surface area contributed by atoms with Crippen LogP contribution in [0.25, 0.3) is 0 Å². The molecule has 1 aromatic heterocycles. The SMILES string of the molecule is CC(C)n1ccc(CC2CC(C(C)(C)C)CCC2=O)n1. The molecular formula is C17H28N2O. The number of carbonyl (C=O) groups excluding carboxylic acids is 1. The fourth-order valence-corrected chi connectivity index (χ4v) is 3.12. The lowest BCUT2D eigenvalue weighted by molar-refractivity contribution is -0.126. The van der Waals surface area contributed by atoms with Crippen LogP contribution in [0.2, 0.25) is 0 Å². The van der Waals surface area contributed by atoms with Crippen molar-refractivity contribution in [3.05, 3.63) is 18.0 Å². The Hall–Kier alpha value is -1.12. The fraction of sp³-hybridized carbons (Fsp3) is 0.765. The van der Waals surface area contributed by atoms with E-state index < -0.39 is 0 Å². The number of carbonyl (C=O) groups is 1. The first-order valence-electron chi connectivity index (χ1n) is 7.84. The lowest BCUT2D eigenvalue weighted by atomic mass is 9.68. The van der Waals surface area contributed by atoms with Crippen molar-refractivity contribution >= 4 is 5.78 Å². The molecule has 0 spiro atoms. The molecule has 0 radical (unpaired) electrons. The van der Waals surface area contributed by atoms with E-state index in [1.807, 2.05) is 10.9 Å². The molecule has 2 unspecified atom stereocenters. The van der Waals surface area contributed by atoms with Crippen molar-refractivity contribution < 1.29 is 4.79 Å². The highest BCUT2D eigenvalue weighted by atomic mass is 16.1. The maximum absolute atomic E-state index is 12.2. The Morgan fingerprint density at radius 2 is 2.10 bits per heavy atom. The number of rotatable bonds is 3. The Kier molecular flexibility index (Phi) is 4.36. The third-order valence-electron chi connectivity index (χ3n) is 4.64. The van der Waals surface area contributed by atoms with Crippen LogP contribution in [0.4, 0.5) is 0 Å². The predicted molar refractivity (Wildman–Crippen MR) is 81.6 cm³/mol. The Morgan fingerprint density at radius 3 is 2.65 bits per heavy atom. The minimum absolute atomic E-state index is 0.170. The number of ketones is 1. The second-order valence-corrected chi connectivity index (χ2v) is 7.59. The average Bonchev–Trinajstić information content (AvgIpc) is 2.79. The van der Waals surface area contributed by atoms with Gasteiger partial charge in [0, 0.05) is 31.0 Å². The van der Waals surface area contributed by atoms with Crippen LogP contribution in [0, 0.1) is 17.3 Å². The normalized spacial score (nSPS) is 24.4. The molecule has 0 bridgehead atoms. The molecule has 20 heavy (non-hydrogen) atoms. The van der Waals surface area contributed by atoms with E-state index in [0.29, 0.717) is 23.2 Å². The van der Waals surface area contributed by atoms with E-state index in [-0.39, 0.29) is 5.92 Å². The number of hydrogen-bond acceptors (Lipinski definition) is 2. The summed E-state index contributed by atoms with van der Waals surface area (Å²) < 4.78 is 1.98. The lowest BCUT2D eigenvalue weighted by Crippen LogP contribution is -2.33. The van der Waals surface area contributed by atoms with Gasteiger partial charge in [0.05, 0.1) is 5.69 Å². The van der Waals surface area contributed by atoms with Crippen LogP contribution < -0.4 is 0 Å². The fourth-order valence-electron chi connectivity index (χ4n) is 3.12. The van der Waals surface area contributed by atoms with E-state index in [1.54, 1.807) is 0 Å². The number of nitrogens with zero attached hydrogens (tertiary/aromatic N) is 2. The predicted octanol–water partition coefficient (Wildman–Crippen LogP) is 4.04. The van der Waals surface area contributed by atoms with E-state index in [2.05, 4.69) is 45.8 Å². The molecule has 1 saturated carbocycles. The Bertz CT molecular complexity index is 468. The second-order valence-electron chi connectivity index (χ2n) is 7.59. The van der Waals surface area contributed by atoms with Gasteiger partial charge in [-0.15, -0.1) is 0 Å². The van der Waals surface area contributed by atoms with Gasteiger partial charge in [-0.05, 0) is 44.1 Å². The molecule has 1 fully saturated rings. The van der Waals surface area contributed by atoms with Crippen molar-refractivity contribution in [2.24, 2.45) is 17.3 Å². The maximum atomic E-state index is 12.2. The zero-order valence-electron chi connectivity index (χ0n) is 13.5. The summed E-state index contributed by atoms with van der Waals surface area (Å²) in [7, 11) is 0. The molecule has 0 aliphatic heterocycles. The van der Waals surface area contributed by atoms with E-state index >= 15 is 0 Å². The molecule has 3 heteroatoms. The third kappa shape index (κ3) is 3.50. The first-order chi connectivity index (χ1) is 9.27. The lowest BCUT2D eigenvalue weighted by Gasteiger charge is -2.36. The maximum Gasteiger partial charge on any atom is 0.136 e. The average molecular weight is 276 g/mol. The molecule has 1 heterocycles. The molecular weight excluding hydrogens is 248 g/mol. The van der Waals surface area contributed by atoms with Gasteiger partial charge in [0.1, 0.15) is 5.78 Å². The highest BCUT2D eigenvalue weighted by molar-refractivity contribution is 5.82. The first-order valence-corrected chi connectivity index (χ1v) is 7.84. The summed E-state index contributed by atoms with van der Waals surface area (Å²) in [6.45, 7) is 11.1. The van der Waals surface area contributed by atoms with Gasteiger partial charge < -0.3 is 0 Å². The van der Waals surface area contributed by atoms with Crippen LogP contribution in [0.3, 0.4) is 0 Å². The third-order valence-corrected chi connectivity index (χ3v) is 4.64. The van der Waals surface area contributed by atoms with Crippen LogP contribution in [-0.4, -0.2) is 15.6 Å². The number of hydrogen-bond donors (Lipinski definition) is 0. The minimum atomic E-state index is 0.170. The Morgan fingerprint density at radius 1 is 1.40 bits per heavy atom. The summed E-state index contributed by atoms with van der Waals surface area (Å²) in [4.78, 5) is 12.2. The van der Waals surface area contributed by atoms with Crippen LogP contribution in [0.5, 0.6) is 0 Å². The molecule has 0 saturated heterocycles. The van der Waals surface area contributed by atoms with Crippen molar-refractivity contribution in [2.75, 3.05) is 0 Å². The molecule has 2 rings (SSSR count). The Balaban J connectivity index is 2.04. The van der Waals surface area contributed by atoms with E-state index in [0.717, 1.165) is 31.4 Å². The summed E-state index contributed by atoms with van der Waals surface area (Å²) in [6, 6.07) is 2.45. The van der Waals surface area contributed by atoms with Crippen molar-refractivity contribution in [1.29, 1.82) is 0 Å². The zero-order chi connectivity index (χ0) is 14.9. The van der Waals surface area contributed by atoms with E-state index in [4.69, 9.17) is 0 Å². The molecule has 0 amide bonds. The summed E-state index contributed by atoms with van der Waals surface area (Å²) in [5.41, 5.74) is 1.36. The molecule has 1 aromatic rings. The van der Waals surface area contributed by atoms with E-state index in [9.17, 15) is 4.79 Å². The highest BCUT2D eigenvalue weighted by Crippen LogP contribution is 2.39. The standard InChI is InChI=1S/C17H28N2O/c1-12(2)19-9-8-15(18-19)11-13-10-14(17(3,4)5)6-7-16(13)20/h8-9,12-14H,6-7,10-11H2,1-5H3. The Labute approximate surface area is 122 Å². The van der Waals surface area contributed by atoms with Gasteiger partial charge in [0.25, 0.3) is 0 Å². The topological polar surface area (TPSA) is 34.9 Å². The van der Waals surface area contributed by atoms with Crippen LogP contribution >= 0.6 is 0 Å². The summed E-state index contributed by atoms with van der Waals surface area (Å²) in [6.07, 6.45) is 5.66. The van der Waals surface area contributed by atoms with Crippen LogP contribution in [0.15, 0.2) is 12.3 Å². The smallest absolute Gasteiger partial charge is 0.136 e. The molecule has 1 aliphatic rings. The molecule has 2 atom stereocenters. The largest absolute Gasteiger partial charge is 0.299 e. The van der Waals surface area contributed by atoms with Gasteiger partial charge in [0.15, 0.2) is 0 Å². The number of Topliss-reactive ketones (excluding diaryl/α,β-unsaturated/α-hetero) is 1. The van der Waals surface area contributed by atoms with Gasteiger partial charge >= 0.3 is 0 Å². The number of aromatic nitrogens is 2. The molecule has 3 nitrogen and oxygen atoms in total. The molecule has 1 aliphatic carbocycles. The van der Waals surface area contributed by atoms with Crippen molar-refractivity contribution in [3.8, 4) is 0 Å². The molecule has 112 valence electrons. The highest BCUT2D eigenvalue weighted by Gasteiger charge is 2.35. The van der Waals surface area contributed by atoms with Crippen LogP contribution in [0.1, 0.15) is 65.6 Å².